The molecule has 3 N–H and O–H groups in total. The van der Waals surface area contributed by atoms with Crippen LogP contribution in [0.1, 0.15) is 21.6 Å². The average molecular weight is 542 g/mol. The van der Waals surface area contributed by atoms with Crippen LogP contribution in [0.2, 0.25) is 0 Å². The Bertz CT molecular complexity index is 1780. The second-order valence-corrected chi connectivity index (χ2v) is 8.58. The minimum atomic E-state index is -4.80. The Morgan fingerprint density at radius 1 is 0.800 bits per heavy atom. The van der Waals surface area contributed by atoms with Crippen LogP contribution < -0.4 is 16.0 Å². The first-order valence-corrected chi connectivity index (χ1v) is 11.8. The van der Waals surface area contributed by atoms with Crippen LogP contribution in [0.4, 0.5) is 46.0 Å². The summed E-state index contributed by atoms with van der Waals surface area (Å²) in [5.41, 5.74) is 0.399. The molecule has 0 saturated heterocycles. The highest BCUT2D eigenvalue weighted by Gasteiger charge is 2.37. The zero-order chi connectivity index (χ0) is 28.3. The number of benzene rings is 3. The highest BCUT2D eigenvalue weighted by atomic mass is 19.4. The zero-order valence-corrected chi connectivity index (χ0v) is 20.4. The number of hydrogen-bond acceptors (Lipinski definition) is 6. The van der Waals surface area contributed by atoms with Crippen LogP contribution in [0.15, 0.2) is 91.3 Å². The first-order valence-electron chi connectivity index (χ1n) is 11.8. The minimum absolute atomic E-state index is 0.255. The number of nitrogens with zero attached hydrogens (tertiary/aromatic N) is 3. The normalized spacial score (nSPS) is 11.1. The van der Waals surface area contributed by atoms with Gasteiger partial charge in [-0.1, -0.05) is 12.1 Å². The van der Waals surface area contributed by atoms with Crippen LogP contribution in [0.5, 0.6) is 0 Å². The zero-order valence-electron chi connectivity index (χ0n) is 20.4. The van der Waals surface area contributed by atoms with Crippen molar-refractivity contribution in [2.45, 2.75) is 6.18 Å². The van der Waals surface area contributed by atoms with Gasteiger partial charge in [0.1, 0.15) is 17.4 Å². The van der Waals surface area contributed by atoms with E-state index in [1.165, 1.54) is 30.3 Å². The SMILES string of the molecule is N#Cc1nccc(Nc2cccc(NC(=O)c3cccc(Nc4ccnc5ccc(F)cc45)c3)c2)c1C(F)(F)F. The van der Waals surface area contributed by atoms with Gasteiger partial charge in [-0.2, -0.15) is 18.4 Å². The number of aromatic nitrogens is 2. The molecule has 0 aliphatic rings. The molecular formula is C29H18F4N6O. The summed E-state index contributed by atoms with van der Waals surface area (Å²) < 4.78 is 54.6. The molecule has 0 atom stereocenters. The number of halogens is 4. The van der Waals surface area contributed by atoms with Crippen LogP contribution in [-0.2, 0) is 6.18 Å². The summed E-state index contributed by atoms with van der Waals surface area (Å²) in [4.78, 5) is 20.7. The van der Waals surface area contributed by atoms with Gasteiger partial charge in [0.25, 0.3) is 5.91 Å². The fraction of sp³-hybridized carbons (Fsp3) is 0.0345. The van der Waals surface area contributed by atoms with E-state index >= 15 is 0 Å². The van der Waals surface area contributed by atoms with Gasteiger partial charge < -0.3 is 16.0 Å². The Hall–Kier alpha value is -5.50. The van der Waals surface area contributed by atoms with E-state index in [1.54, 1.807) is 54.7 Å². The second-order valence-electron chi connectivity index (χ2n) is 8.58. The topological polar surface area (TPSA) is 103 Å². The van der Waals surface area contributed by atoms with Crippen LogP contribution in [0.25, 0.3) is 10.9 Å². The summed E-state index contributed by atoms with van der Waals surface area (Å²) in [6, 6.07) is 21.3. The molecule has 0 fully saturated rings. The molecule has 0 saturated carbocycles. The van der Waals surface area contributed by atoms with E-state index in [2.05, 4.69) is 25.9 Å². The lowest BCUT2D eigenvalue weighted by Gasteiger charge is -2.16. The van der Waals surface area contributed by atoms with E-state index in [1.807, 2.05) is 0 Å². The molecule has 0 radical (unpaired) electrons. The number of alkyl halides is 3. The molecule has 0 aliphatic heterocycles. The van der Waals surface area contributed by atoms with Crippen LogP contribution >= 0.6 is 0 Å². The summed E-state index contributed by atoms with van der Waals surface area (Å²) in [6.45, 7) is 0. The maximum atomic E-state index is 13.8. The summed E-state index contributed by atoms with van der Waals surface area (Å²) in [5.74, 6) is -0.865. The van der Waals surface area contributed by atoms with Gasteiger partial charge in [-0.3, -0.25) is 9.78 Å². The Labute approximate surface area is 225 Å². The molecule has 0 aliphatic carbocycles. The number of fused-ring (bicyclic) bond motifs is 1. The number of nitrogens with one attached hydrogen (secondary N) is 3. The van der Waals surface area contributed by atoms with E-state index in [9.17, 15) is 22.4 Å². The first-order chi connectivity index (χ1) is 19.2. The Kier molecular flexibility index (Phi) is 6.99. The van der Waals surface area contributed by atoms with Crippen molar-refractivity contribution in [3.05, 3.63) is 114 Å². The number of pyridine rings is 2. The Balaban J connectivity index is 1.35. The standard InChI is InChI=1S/C29H18F4N6O/c30-18-7-8-23-22(14-18)24(9-11-35-23)37-19-4-1-3-17(13-19)28(40)39-21-6-2-5-20(15-21)38-25-10-12-36-26(16-34)27(25)29(31,32)33/h1-15H,(H,35,37)(H,36,38)(H,39,40). The molecule has 2 aromatic heterocycles. The molecule has 0 spiro atoms. The molecule has 11 heteroatoms. The van der Waals surface area contributed by atoms with Gasteiger partial charge in [-0.15, -0.1) is 0 Å². The van der Waals surface area contributed by atoms with Crippen molar-refractivity contribution in [3.63, 3.8) is 0 Å². The van der Waals surface area contributed by atoms with E-state index in [4.69, 9.17) is 5.26 Å². The summed E-state index contributed by atoms with van der Waals surface area (Å²) in [5, 5.41) is 18.2. The lowest BCUT2D eigenvalue weighted by molar-refractivity contribution is -0.137. The van der Waals surface area contributed by atoms with Gasteiger partial charge in [0.05, 0.1) is 11.2 Å². The largest absolute Gasteiger partial charge is 0.421 e. The third-order valence-corrected chi connectivity index (χ3v) is 5.85. The highest BCUT2D eigenvalue weighted by molar-refractivity contribution is 6.05. The third kappa shape index (κ3) is 5.66. The van der Waals surface area contributed by atoms with Gasteiger partial charge in [-0.25, -0.2) is 9.37 Å². The average Bonchev–Trinajstić information content (AvgIpc) is 2.93. The van der Waals surface area contributed by atoms with Crippen molar-refractivity contribution in [1.29, 1.82) is 5.26 Å². The fourth-order valence-electron chi connectivity index (χ4n) is 4.09. The monoisotopic (exact) mass is 542 g/mol. The summed E-state index contributed by atoms with van der Waals surface area (Å²) >= 11 is 0. The molecule has 0 unspecified atom stereocenters. The van der Waals surface area contributed by atoms with E-state index in [-0.39, 0.29) is 11.4 Å². The lowest BCUT2D eigenvalue weighted by atomic mass is 10.1. The van der Waals surface area contributed by atoms with Gasteiger partial charge in [-0.05, 0) is 66.7 Å². The quantitative estimate of drug-likeness (QED) is 0.193. The number of nitriles is 1. The van der Waals surface area contributed by atoms with E-state index < -0.39 is 29.2 Å². The maximum Gasteiger partial charge on any atom is 0.421 e. The molecule has 7 nitrogen and oxygen atoms in total. The summed E-state index contributed by atoms with van der Waals surface area (Å²) in [7, 11) is 0. The number of hydrogen-bond donors (Lipinski definition) is 3. The van der Waals surface area contributed by atoms with Crippen molar-refractivity contribution < 1.29 is 22.4 Å². The second kappa shape index (κ2) is 10.7. The molecule has 5 aromatic rings. The lowest BCUT2D eigenvalue weighted by Crippen LogP contribution is -2.13. The summed E-state index contributed by atoms with van der Waals surface area (Å²) in [6.07, 6.45) is -2.11. The molecule has 2 heterocycles. The van der Waals surface area contributed by atoms with Crippen molar-refractivity contribution in [1.82, 2.24) is 9.97 Å². The van der Waals surface area contributed by atoms with Gasteiger partial charge in [0.2, 0.25) is 0 Å². The molecule has 1 amide bonds. The van der Waals surface area contributed by atoms with Crippen LogP contribution in [0, 0.1) is 17.1 Å². The number of carbonyl (C=O) groups is 1. The van der Waals surface area contributed by atoms with E-state index in [0.717, 1.165) is 12.3 Å². The Morgan fingerprint density at radius 3 is 2.25 bits per heavy atom. The predicted octanol–water partition coefficient (Wildman–Crippen LogP) is 7.40. The van der Waals surface area contributed by atoms with Gasteiger partial charge in [0, 0.05) is 46.1 Å². The third-order valence-electron chi connectivity index (χ3n) is 5.85. The molecule has 40 heavy (non-hydrogen) atoms. The van der Waals surface area contributed by atoms with Crippen LogP contribution in [0.3, 0.4) is 0 Å². The Morgan fingerprint density at radius 2 is 1.48 bits per heavy atom. The first kappa shape index (κ1) is 26.1. The number of carbonyl (C=O) groups excluding carboxylic acids is 1. The van der Waals surface area contributed by atoms with Crippen molar-refractivity contribution in [2.75, 3.05) is 16.0 Å². The van der Waals surface area contributed by atoms with Crippen molar-refractivity contribution >= 4 is 45.2 Å². The molecule has 0 bridgehead atoms. The minimum Gasteiger partial charge on any atom is -0.355 e. The maximum absolute atomic E-state index is 13.8. The number of rotatable bonds is 6. The van der Waals surface area contributed by atoms with Crippen molar-refractivity contribution in [2.24, 2.45) is 0 Å². The highest BCUT2D eigenvalue weighted by Crippen LogP contribution is 2.38. The molecule has 198 valence electrons. The predicted molar refractivity (Wildman–Crippen MR) is 143 cm³/mol. The smallest absolute Gasteiger partial charge is 0.355 e. The fourth-order valence-corrected chi connectivity index (χ4v) is 4.09. The van der Waals surface area contributed by atoms with Gasteiger partial charge >= 0.3 is 6.18 Å². The van der Waals surface area contributed by atoms with E-state index in [0.29, 0.717) is 33.5 Å². The van der Waals surface area contributed by atoms with Crippen molar-refractivity contribution in [3.8, 4) is 6.07 Å². The van der Waals surface area contributed by atoms with Crippen LogP contribution in [-0.4, -0.2) is 15.9 Å². The molecule has 5 rings (SSSR count). The number of anilines is 5. The van der Waals surface area contributed by atoms with Gasteiger partial charge in [0.15, 0.2) is 5.69 Å². The molecular weight excluding hydrogens is 524 g/mol. The number of amides is 1. The molecule has 3 aromatic carbocycles.